The van der Waals surface area contributed by atoms with Crippen LogP contribution in [0.2, 0.25) is 0 Å². The number of hydrogen-bond acceptors (Lipinski definition) is 2. The first-order valence-corrected chi connectivity index (χ1v) is 6.37. The third-order valence-electron chi connectivity index (χ3n) is 4.13. The van der Waals surface area contributed by atoms with Crippen molar-refractivity contribution in [1.29, 1.82) is 0 Å². The molecule has 0 unspecified atom stereocenters. The number of likely N-dealkylation sites (tertiary alicyclic amines) is 2. The predicted molar refractivity (Wildman–Crippen MR) is 65.1 cm³/mol. The van der Waals surface area contributed by atoms with E-state index in [1.165, 1.54) is 32.5 Å². The lowest BCUT2D eigenvalue weighted by molar-refractivity contribution is -0.0813. The molecule has 0 aliphatic carbocycles. The van der Waals surface area contributed by atoms with Crippen LogP contribution in [0.25, 0.3) is 0 Å². The number of hydrogen-bond donors (Lipinski definition) is 0. The Bertz CT molecular complexity index is 233. The van der Waals surface area contributed by atoms with Crippen molar-refractivity contribution >= 4 is 0 Å². The van der Waals surface area contributed by atoms with E-state index < -0.39 is 0 Å². The summed E-state index contributed by atoms with van der Waals surface area (Å²) in [6, 6.07) is 0.720. The minimum Gasteiger partial charge on any atom is -0.297 e. The fraction of sp³-hybridized carbons (Fsp3) is 1.00. The first-order valence-electron chi connectivity index (χ1n) is 6.37. The monoisotopic (exact) mass is 210 g/mol. The van der Waals surface area contributed by atoms with Crippen LogP contribution in [0.3, 0.4) is 0 Å². The largest absolute Gasteiger partial charge is 0.297 e. The minimum absolute atomic E-state index is 0.347. The van der Waals surface area contributed by atoms with Gasteiger partial charge in [0.05, 0.1) is 0 Å². The molecule has 2 heterocycles. The maximum atomic E-state index is 2.75. The normalized spacial score (nSPS) is 27.6. The Balaban J connectivity index is 2.05. The maximum absolute atomic E-state index is 2.75. The Morgan fingerprint density at radius 1 is 1.13 bits per heavy atom. The molecule has 2 rings (SSSR count). The molecule has 0 aromatic rings. The van der Waals surface area contributed by atoms with Gasteiger partial charge < -0.3 is 0 Å². The molecule has 0 bridgehead atoms. The van der Waals surface area contributed by atoms with Crippen LogP contribution in [0.4, 0.5) is 0 Å². The summed E-state index contributed by atoms with van der Waals surface area (Å²) in [6.45, 7) is 15.6. The van der Waals surface area contributed by atoms with Gasteiger partial charge in [-0.05, 0) is 54.0 Å². The molecular weight excluding hydrogens is 184 g/mol. The van der Waals surface area contributed by atoms with Gasteiger partial charge >= 0.3 is 0 Å². The first kappa shape index (κ1) is 11.4. The van der Waals surface area contributed by atoms with Gasteiger partial charge in [0.2, 0.25) is 0 Å². The van der Waals surface area contributed by atoms with Gasteiger partial charge in [-0.25, -0.2) is 0 Å². The summed E-state index contributed by atoms with van der Waals surface area (Å²) in [5, 5.41) is 0. The average molecular weight is 210 g/mol. The zero-order chi connectivity index (χ0) is 11.3. The summed E-state index contributed by atoms with van der Waals surface area (Å²) in [5.41, 5.74) is 0.877. The second-order valence-corrected chi connectivity index (χ2v) is 6.65. The van der Waals surface area contributed by atoms with Crippen molar-refractivity contribution < 1.29 is 0 Å². The fourth-order valence-corrected chi connectivity index (χ4v) is 3.39. The van der Waals surface area contributed by atoms with E-state index in [1.807, 2.05) is 0 Å². The van der Waals surface area contributed by atoms with Crippen molar-refractivity contribution in [2.75, 3.05) is 19.6 Å². The van der Waals surface area contributed by atoms with Crippen LogP contribution in [0.1, 0.15) is 47.5 Å². The van der Waals surface area contributed by atoms with Crippen molar-refractivity contribution in [3.05, 3.63) is 0 Å². The van der Waals surface area contributed by atoms with Crippen molar-refractivity contribution in [2.24, 2.45) is 0 Å². The zero-order valence-corrected chi connectivity index (χ0v) is 11.0. The molecule has 0 amide bonds. The molecule has 2 fully saturated rings. The summed E-state index contributed by atoms with van der Waals surface area (Å²) in [6.07, 6.45) is 2.80. The van der Waals surface area contributed by atoms with Crippen LogP contribution in [-0.4, -0.2) is 46.6 Å². The summed E-state index contributed by atoms with van der Waals surface area (Å²) < 4.78 is 0. The van der Waals surface area contributed by atoms with Gasteiger partial charge in [-0.3, -0.25) is 9.80 Å². The highest BCUT2D eigenvalue weighted by Gasteiger charge is 2.53. The second-order valence-electron chi connectivity index (χ2n) is 6.65. The van der Waals surface area contributed by atoms with Gasteiger partial charge in [-0.15, -0.1) is 0 Å². The van der Waals surface area contributed by atoms with Gasteiger partial charge in [0.15, 0.2) is 0 Å². The van der Waals surface area contributed by atoms with Gasteiger partial charge in [0, 0.05) is 30.2 Å². The molecule has 88 valence electrons. The molecule has 0 saturated carbocycles. The second kappa shape index (κ2) is 3.46. The molecule has 2 saturated heterocycles. The quantitative estimate of drug-likeness (QED) is 0.655. The lowest BCUT2D eigenvalue weighted by atomic mass is 9.83. The molecule has 15 heavy (non-hydrogen) atoms. The molecule has 2 nitrogen and oxygen atoms in total. The van der Waals surface area contributed by atoms with Gasteiger partial charge in [0.1, 0.15) is 0 Å². The van der Waals surface area contributed by atoms with Crippen LogP contribution >= 0.6 is 0 Å². The SMILES string of the molecule is CC(C)N1CC2(CCCN2C(C)(C)C)C1. The molecule has 0 aromatic carbocycles. The van der Waals surface area contributed by atoms with Crippen molar-refractivity contribution in [3.63, 3.8) is 0 Å². The summed E-state index contributed by atoms with van der Waals surface area (Å²) in [7, 11) is 0. The highest BCUT2D eigenvalue weighted by Crippen LogP contribution is 2.42. The van der Waals surface area contributed by atoms with Crippen LogP contribution in [0.15, 0.2) is 0 Å². The highest BCUT2D eigenvalue weighted by molar-refractivity contribution is 5.10. The molecule has 0 aromatic heterocycles. The minimum atomic E-state index is 0.347. The number of rotatable bonds is 1. The Labute approximate surface area is 94.6 Å². The van der Waals surface area contributed by atoms with Gasteiger partial charge in [0.25, 0.3) is 0 Å². The topological polar surface area (TPSA) is 6.48 Å². The lowest BCUT2D eigenvalue weighted by Crippen LogP contribution is -2.71. The summed E-state index contributed by atoms with van der Waals surface area (Å²) in [4.78, 5) is 5.35. The molecule has 2 aliphatic heterocycles. The molecule has 0 N–H and O–H groups in total. The van der Waals surface area contributed by atoms with E-state index in [4.69, 9.17) is 0 Å². The van der Waals surface area contributed by atoms with Crippen molar-refractivity contribution in [2.45, 2.75) is 64.6 Å². The van der Waals surface area contributed by atoms with E-state index in [2.05, 4.69) is 44.4 Å². The Morgan fingerprint density at radius 3 is 2.20 bits per heavy atom. The standard InChI is InChI=1S/C13H26N2/c1-11(2)14-9-13(10-14)7-6-8-15(13)12(3,4)5/h11H,6-10H2,1-5H3. The van der Waals surface area contributed by atoms with E-state index in [0.29, 0.717) is 11.1 Å². The Hall–Kier alpha value is -0.0800. The smallest absolute Gasteiger partial charge is 0.0469 e. The van der Waals surface area contributed by atoms with Crippen LogP contribution < -0.4 is 0 Å². The average Bonchev–Trinajstić information content (AvgIpc) is 2.42. The molecule has 2 aliphatic rings. The maximum Gasteiger partial charge on any atom is 0.0469 e. The third kappa shape index (κ3) is 1.83. The van der Waals surface area contributed by atoms with Crippen LogP contribution in [0, 0.1) is 0 Å². The fourth-order valence-electron chi connectivity index (χ4n) is 3.39. The lowest BCUT2D eigenvalue weighted by Gasteiger charge is -2.58. The molecular formula is C13H26N2. The Kier molecular flexibility index (Phi) is 2.63. The van der Waals surface area contributed by atoms with Gasteiger partial charge in [-0.2, -0.15) is 0 Å². The summed E-state index contributed by atoms with van der Waals surface area (Å²) >= 11 is 0. The Morgan fingerprint density at radius 2 is 1.73 bits per heavy atom. The number of nitrogens with zero attached hydrogens (tertiary/aromatic N) is 2. The highest BCUT2D eigenvalue weighted by atomic mass is 15.4. The first-order chi connectivity index (χ1) is 6.85. The molecule has 2 heteroatoms. The van der Waals surface area contributed by atoms with Crippen molar-refractivity contribution in [1.82, 2.24) is 9.80 Å². The molecule has 0 atom stereocenters. The molecule has 0 radical (unpaired) electrons. The summed E-state index contributed by atoms with van der Waals surface area (Å²) in [5.74, 6) is 0. The third-order valence-corrected chi connectivity index (χ3v) is 4.13. The van der Waals surface area contributed by atoms with E-state index in [1.54, 1.807) is 0 Å². The zero-order valence-electron chi connectivity index (χ0n) is 11.0. The predicted octanol–water partition coefficient (Wildman–Crippen LogP) is 2.34. The van der Waals surface area contributed by atoms with E-state index >= 15 is 0 Å². The van der Waals surface area contributed by atoms with E-state index in [9.17, 15) is 0 Å². The van der Waals surface area contributed by atoms with Crippen molar-refractivity contribution in [3.8, 4) is 0 Å². The van der Waals surface area contributed by atoms with Crippen LogP contribution in [0.5, 0.6) is 0 Å². The van der Waals surface area contributed by atoms with E-state index in [0.717, 1.165) is 6.04 Å². The van der Waals surface area contributed by atoms with Crippen LogP contribution in [-0.2, 0) is 0 Å². The molecule has 1 spiro atoms. The van der Waals surface area contributed by atoms with E-state index in [-0.39, 0.29) is 0 Å². The van der Waals surface area contributed by atoms with Gasteiger partial charge in [-0.1, -0.05) is 0 Å².